The van der Waals surface area contributed by atoms with Crippen molar-refractivity contribution in [3.05, 3.63) is 52.8 Å². The van der Waals surface area contributed by atoms with Gasteiger partial charge in [-0.3, -0.25) is 4.79 Å². The standard InChI is InChI=1S/C14H11ClFNO3/c1-20-13-5-3-9(7-12(13)18)17-14(19)10-6-8(15)2-4-11(10)16/h2-7,18H,1H3,(H,17,19). The van der Waals surface area contributed by atoms with Gasteiger partial charge in [0.1, 0.15) is 5.82 Å². The van der Waals surface area contributed by atoms with E-state index in [4.69, 9.17) is 16.3 Å². The maximum absolute atomic E-state index is 13.5. The number of carbonyl (C=O) groups excluding carboxylic acids is 1. The van der Waals surface area contributed by atoms with E-state index in [1.165, 1.54) is 37.4 Å². The lowest BCUT2D eigenvalue weighted by atomic mass is 10.2. The number of phenols is 1. The minimum Gasteiger partial charge on any atom is -0.504 e. The molecule has 104 valence electrons. The van der Waals surface area contributed by atoms with Crippen molar-refractivity contribution in [3.8, 4) is 11.5 Å². The first-order chi connectivity index (χ1) is 9.51. The van der Waals surface area contributed by atoms with Crippen molar-refractivity contribution in [2.24, 2.45) is 0 Å². The second kappa shape index (κ2) is 5.79. The number of phenolic OH excluding ortho intramolecular Hbond substituents is 1. The maximum Gasteiger partial charge on any atom is 0.258 e. The van der Waals surface area contributed by atoms with Crippen LogP contribution in [-0.2, 0) is 0 Å². The van der Waals surface area contributed by atoms with E-state index >= 15 is 0 Å². The first-order valence-electron chi connectivity index (χ1n) is 5.64. The van der Waals surface area contributed by atoms with Gasteiger partial charge in [-0.25, -0.2) is 4.39 Å². The zero-order valence-corrected chi connectivity index (χ0v) is 11.2. The summed E-state index contributed by atoms with van der Waals surface area (Å²) in [5, 5.41) is 12.3. The van der Waals surface area contributed by atoms with Gasteiger partial charge in [0.2, 0.25) is 0 Å². The molecule has 0 heterocycles. The third-order valence-electron chi connectivity index (χ3n) is 2.61. The maximum atomic E-state index is 13.5. The fourth-order valence-electron chi connectivity index (χ4n) is 1.64. The molecule has 0 saturated carbocycles. The average molecular weight is 296 g/mol. The van der Waals surface area contributed by atoms with E-state index in [-0.39, 0.29) is 22.1 Å². The molecule has 0 aromatic heterocycles. The number of aromatic hydroxyl groups is 1. The van der Waals surface area contributed by atoms with Gasteiger partial charge < -0.3 is 15.2 Å². The topological polar surface area (TPSA) is 58.6 Å². The number of ether oxygens (including phenoxy) is 1. The third kappa shape index (κ3) is 3.00. The summed E-state index contributed by atoms with van der Waals surface area (Å²) in [6.07, 6.45) is 0. The van der Waals surface area contributed by atoms with Crippen LogP contribution < -0.4 is 10.1 Å². The Balaban J connectivity index is 2.23. The zero-order valence-electron chi connectivity index (χ0n) is 10.5. The monoisotopic (exact) mass is 295 g/mol. The summed E-state index contributed by atoms with van der Waals surface area (Å²) in [6.45, 7) is 0. The summed E-state index contributed by atoms with van der Waals surface area (Å²) in [4.78, 5) is 11.9. The lowest BCUT2D eigenvalue weighted by molar-refractivity contribution is 0.102. The number of benzene rings is 2. The van der Waals surface area contributed by atoms with Gasteiger partial charge in [-0.2, -0.15) is 0 Å². The highest BCUT2D eigenvalue weighted by Gasteiger charge is 2.13. The Bertz CT molecular complexity index is 661. The minimum atomic E-state index is -0.676. The van der Waals surface area contributed by atoms with Crippen molar-refractivity contribution in [1.82, 2.24) is 0 Å². The highest BCUT2D eigenvalue weighted by Crippen LogP contribution is 2.28. The molecular formula is C14H11ClFNO3. The predicted octanol–water partition coefficient (Wildman–Crippen LogP) is 3.45. The Kier molecular flexibility index (Phi) is 4.10. The van der Waals surface area contributed by atoms with Crippen LogP contribution in [0, 0.1) is 5.82 Å². The van der Waals surface area contributed by atoms with E-state index in [2.05, 4.69) is 5.32 Å². The molecular weight excluding hydrogens is 285 g/mol. The number of amides is 1. The van der Waals surface area contributed by atoms with Crippen molar-refractivity contribution in [2.45, 2.75) is 0 Å². The van der Waals surface area contributed by atoms with Crippen LogP contribution in [0.3, 0.4) is 0 Å². The second-order valence-corrected chi connectivity index (χ2v) is 4.40. The predicted molar refractivity (Wildman–Crippen MR) is 74.0 cm³/mol. The summed E-state index contributed by atoms with van der Waals surface area (Å²) >= 11 is 5.73. The molecule has 0 saturated heterocycles. The van der Waals surface area contributed by atoms with Gasteiger partial charge in [0.25, 0.3) is 5.91 Å². The van der Waals surface area contributed by atoms with E-state index < -0.39 is 11.7 Å². The van der Waals surface area contributed by atoms with Crippen molar-refractivity contribution >= 4 is 23.2 Å². The quantitative estimate of drug-likeness (QED) is 0.912. The van der Waals surface area contributed by atoms with Gasteiger partial charge >= 0.3 is 0 Å². The lowest BCUT2D eigenvalue weighted by Crippen LogP contribution is -2.13. The van der Waals surface area contributed by atoms with Crippen LogP contribution in [-0.4, -0.2) is 18.1 Å². The average Bonchev–Trinajstić information content (AvgIpc) is 2.41. The molecule has 0 atom stereocenters. The van der Waals surface area contributed by atoms with Gasteiger partial charge in [0, 0.05) is 16.8 Å². The Morgan fingerprint density at radius 3 is 2.70 bits per heavy atom. The Morgan fingerprint density at radius 1 is 1.30 bits per heavy atom. The SMILES string of the molecule is COc1ccc(NC(=O)c2cc(Cl)ccc2F)cc1O. The summed E-state index contributed by atoms with van der Waals surface area (Å²) in [5.74, 6) is -1.19. The molecule has 0 aliphatic heterocycles. The normalized spacial score (nSPS) is 10.2. The summed E-state index contributed by atoms with van der Waals surface area (Å²) in [7, 11) is 1.41. The molecule has 0 radical (unpaired) electrons. The molecule has 2 N–H and O–H groups in total. The number of nitrogens with one attached hydrogen (secondary N) is 1. The van der Waals surface area contributed by atoms with E-state index in [0.717, 1.165) is 6.07 Å². The van der Waals surface area contributed by atoms with E-state index in [0.29, 0.717) is 5.69 Å². The lowest BCUT2D eigenvalue weighted by Gasteiger charge is -2.09. The second-order valence-electron chi connectivity index (χ2n) is 3.96. The van der Waals surface area contributed by atoms with Crippen molar-refractivity contribution in [2.75, 3.05) is 12.4 Å². The van der Waals surface area contributed by atoms with Crippen LogP contribution >= 0.6 is 11.6 Å². The molecule has 0 aliphatic carbocycles. The van der Waals surface area contributed by atoms with Crippen LogP contribution in [0.2, 0.25) is 5.02 Å². The number of rotatable bonds is 3. The molecule has 0 aliphatic rings. The zero-order chi connectivity index (χ0) is 14.7. The van der Waals surface area contributed by atoms with E-state index in [1.54, 1.807) is 0 Å². The van der Waals surface area contributed by atoms with Gasteiger partial charge in [-0.1, -0.05) is 11.6 Å². The first kappa shape index (κ1) is 14.1. The molecule has 2 rings (SSSR count). The fraction of sp³-hybridized carbons (Fsp3) is 0.0714. The Morgan fingerprint density at radius 2 is 2.05 bits per heavy atom. The number of halogens is 2. The van der Waals surface area contributed by atoms with E-state index in [1.807, 2.05) is 0 Å². The van der Waals surface area contributed by atoms with Crippen LogP contribution in [0.25, 0.3) is 0 Å². The Labute approximate surface area is 119 Å². The molecule has 4 nitrogen and oxygen atoms in total. The molecule has 0 spiro atoms. The molecule has 20 heavy (non-hydrogen) atoms. The van der Waals surface area contributed by atoms with E-state index in [9.17, 15) is 14.3 Å². The van der Waals surface area contributed by atoms with Crippen molar-refractivity contribution in [3.63, 3.8) is 0 Å². The van der Waals surface area contributed by atoms with Gasteiger partial charge in [0.05, 0.1) is 12.7 Å². The number of hydrogen-bond donors (Lipinski definition) is 2. The number of hydrogen-bond acceptors (Lipinski definition) is 3. The fourth-order valence-corrected chi connectivity index (χ4v) is 1.81. The highest BCUT2D eigenvalue weighted by molar-refractivity contribution is 6.31. The van der Waals surface area contributed by atoms with Crippen molar-refractivity contribution < 1.29 is 19.0 Å². The summed E-state index contributed by atoms with van der Waals surface area (Å²) in [6, 6.07) is 8.02. The largest absolute Gasteiger partial charge is 0.504 e. The highest BCUT2D eigenvalue weighted by atomic mass is 35.5. The summed E-state index contributed by atoms with van der Waals surface area (Å²) in [5.41, 5.74) is 0.139. The van der Waals surface area contributed by atoms with Crippen LogP contribution in [0.1, 0.15) is 10.4 Å². The molecule has 2 aromatic carbocycles. The number of methoxy groups -OCH3 is 1. The van der Waals surface area contributed by atoms with Crippen LogP contribution in [0.5, 0.6) is 11.5 Å². The van der Waals surface area contributed by atoms with Crippen LogP contribution in [0.15, 0.2) is 36.4 Å². The first-order valence-corrected chi connectivity index (χ1v) is 6.02. The third-order valence-corrected chi connectivity index (χ3v) is 2.84. The minimum absolute atomic E-state index is 0.128. The van der Waals surface area contributed by atoms with Crippen molar-refractivity contribution in [1.29, 1.82) is 0 Å². The molecule has 0 unspecified atom stereocenters. The van der Waals surface area contributed by atoms with Gasteiger partial charge in [-0.15, -0.1) is 0 Å². The van der Waals surface area contributed by atoms with Gasteiger partial charge in [0.15, 0.2) is 11.5 Å². The number of anilines is 1. The molecule has 1 amide bonds. The molecule has 0 bridgehead atoms. The van der Waals surface area contributed by atoms with Crippen LogP contribution in [0.4, 0.5) is 10.1 Å². The Hall–Kier alpha value is -2.27. The summed E-state index contributed by atoms with van der Waals surface area (Å²) < 4.78 is 18.4. The molecule has 0 fully saturated rings. The smallest absolute Gasteiger partial charge is 0.258 e. The van der Waals surface area contributed by atoms with Gasteiger partial charge in [-0.05, 0) is 30.3 Å². The number of carbonyl (C=O) groups is 1. The molecule has 6 heteroatoms. The molecule has 2 aromatic rings.